The first kappa shape index (κ1) is 14.7. The molecule has 4 aromatic rings. The third-order valence-electron chi connectivity index (χ3n) is 3.84. The average molecular weight is 339 g/mol. The number of nitro groups is 1. The SMILES string of the molecule is C[C@H](Sc1n[nH]c2nc3ccccc3n12)c1cccc([N+](=O)[O-])c1. The van der Waals surface area contributed by atoms with Crippen LogP contribution in [0.15, 0.2) is 53.7 Å². The number of hydrogen-bond acceptors (Lipinski definition) is 5. The van der Waals surface area contributed by atoms with E-state index in [1.165, 1.54) is 17.8 Å². The van der Waals surface area contributed by atoms with Crippen LogP contribution >= 0.6 is 11.8 Å². The first-order valence-electron chi connectivity index (χ1n) is 7.36. The van der Waals surface area contributed by atoms with Crippen LogP contribution in [0.1, 0.15) is 17.7 Å². The summed E-state index contributed by atoms with van der Waals surface area (Å²) in [5.74, 6) is 0.685. The third-order valence-corrected chi connectivity index (χ3v) is 4.95. The van der Waals surface area contributed by atoms with Gasteiger partial charge in [-0.15, -0.1) is 5.10 Å². The Morgan fingerprint density at radius 3 is 2.92 bits per heavy atom. The maximum Gasteiger partial charge on any atom is 0.269 e. The van der Waals surface area contributed by atoms with Crippen molar-refractivity contribution in [2.45, 2.75) is 17.3 Å². The van der Waals surface area contributed by atoms with E-state index >= 15 is 0 Å². The number of imidazole rings is 1. The monoisotopic (exact) mass is 339 g/mol. The second kappa shape index (κ2) is 5.64. The van der Waals surface area contributed by atoms with Crippen LogP contribution in [-0.4, -0.2) is 24.5 Å². The number of thioether (sulfide) groups is 1. The number of benzene rings is 2. The van der Waals surface area contributed by atoms with Gasteiger partial charge in [0.15, 0.2) is 5.16 Å². The molecule has 0 bridgehead atoms. The minimum Gasteiger partial charge on any atom is -0.258 e. The fraction of sp³-hybridized carbons (Fsp3) is 0.125. The van der Waals surface area contributed by atoms with Crippen molar-refractivity contribution < 1.29 is 4.92 Å². The second-order valence-corrected chi connectivity index (χ2v) is 6.69. The first-order chi connectivity index (χ1) is 11.6. The van der Waals surface area contributed by atoms with Gasteiger partial charge in [0.05, 0.1) is 16.0 Å². The number of aromatic nitrogens is 4. The van der Waals surface area contributed by atoms with Gasteiger partial charge in [0.2, 0.25) is 5.78 Å². The molecule has 0 saturated heterocycles. The Kier molecular flexibility index (Phi) is 3.46. The molecule has 2 heterocycles. The third kappa shape index (κ3) is 2.41. The van der Waals surface area contributed by atoms with Gasteiger partial charge in [-0.2, -0.15) is 0 Å². The lowest BCUT2D eigenvalue weighted by atomic mass is 10.1. The Labute approximate surface area is 140 Å². The van der Waals surface area contributed by atoms with Crippen LogP contribution in [0.2, 0.25) is 0 Å². The van der Waals surface area contributed by atoms with E-state index in [-0.39, 0.29) is 15.9 Å². The maximum atomic E-state index is 10.9. The van der Waals surface area contributed by atoms with Crippen molar-refractivity contribution >= 4 is 34.3 Å². The van der Waals surface area contributed by atoms with E-state index in [4.69, 9.17) is 0 Å². The number of aromatic amines is 1. The normalized spacial score (nSPS) is 12.7. The summed E-state index contributed by atoms with van der Waals surface area (Å²) in [7, 11) is 0. The Morgan fingerprint density at radius 1 is 1.25 bits per heavy atom. The molecule has 0 aliphatic heterocycles. The van der Waals surface area contributed by atoms with Crippen molar-refractivity contribution in [1.82, 2.24) is 19.6 Å². The molecule has 0 aliphatic rings. The van der Waals surface area contributed by atoms with Gasteiger partial charge in [-0.1, -0.05) is 36.0 Å². The van der Waals surface area contributed by atoms with Crippen LogP contribution in [-0.2, 0) is 0 Å². The van der Waals surface area contributed by atoms with Crippen molar-refractivity contribution in [1.29, 1.82) is 0 Å². The highest BCUT2D eigenvalue weighted by molar-refractivity contribution is 7.99. The highest BCUT2D eigenvalue weighted by Gasteiger charge is 2.17. The second-order valence-electron chi connectivity index (χ2n) is 5.38. The Bertz CT molecular complexity index is 1050. The highest BCUT2D eigenvalue weighted by atomic mass is 32.2. The van der Waals surface area contributed by atoms with E-state index in [1.54, 1.807) is 12.1 Å². The summed E-state index contributed by atoms with van der Waals surface area (Å²) in [6.45, 7) is 2.00. The Hall–Kier alpha value is -2.87. The number of nitro benzene ring substituents is 1. The quantitative estimate of drug-likeness (QED) is 0.345. The number of rotatable bonds is 4. The molecule has 24 heavy (non-hydrogen) atoms. The Morgan fingerprint density at radius 2 is 2.08 bits per heavy atom. The van der Waals surface area contributed by atoms with Crippen molar-refractivity contribution in [2.24, 2.45) is 0 Å². The molecule has 0 unspecified atom stereocenters. The molecule has 2 aromatic heterocycles. The molecule has 8 heteroatoms. The zero-order chi connectivity index (χ0) is 16.7. The van der Waals surface area contributed by atoms with E-state index in [1.807, 2.05) is 41.7 Å². The predicted molar refractivity (Wildman–Crippen MR) is 92.2 cm³/mol. The molecule has 0 spiro atoms. The largest absolute Gasteiger partial charge is 0.269 e. The standard InChI is InChI=1S/C16H13N5O2S/c1-10(11-5-4-6-12(9-11)21(22)23)24-16-19-18-15-17-13-7-2-3-8-14(13)20(15)16/h2-10H,1H3,(H,17,18)/t10-/m0/s1. The van der Waals surface area contributed by atoms with E-state index in [9.17, 15) is 10.1 Å². The zero-order valence-electron chi connectivity index (χ0n) is 12.7. The van der Waals surface area contributed by atoms with Gasteiger partial charge in [-0.05, 0) is 24.6 Å². The summed E-state index contributed by atoms with van der Waals surface area (Å²) in [4.78, 5) is 15.1. The summed E-state index contributed by atoms with van der Waals surface area (Å²) in [6.07, 6.45) is 0. The fourth-order valence-electron chi connectivity index (χ4n) is 2.64. The fourth-order valence-corrected chi connectivity index (χ4v) is 3.63. The first-order valence-corrected chi connectivity index (χ1v) is 8.24. The summed E-state index contributed by atoms with van der Waals surface area (Å²) < 4.78 is 1.97. The van der Waals surface area contributed by atoms with Gasteiger partial charge in [0.1, 0.15) is 0 Å². The summed E-state index contributed by atoms with van der Waals surface area (Å²) >= 11 is 1.53. The molecule has 1 N–H and O–H groups in total. The summed E-state index contributed by atoms with van der Waals surface area (Å²) in [5.41, 5.74) is 2.86. The molecule has 0 fully saturated rings. The molecule has 0 radical (unpaired) electrons. The van der Waals surface area contributed by atoms with Gasteiger partial charge < -0.3 is 0 Å². The predicted octanol–water partition coefficient (Wildman–Crippen LogP) is 3.97. The van der Waals surface area contributed by atoms with Gasteiger partial charge in [-0.25, -0.2) is 10.1 Å². The van der Waals surface area contributed by atoms with Crippen molar-refractivity contribution in [3.8, 4) is 0 Å². The molecule has 7 nitrogen and oxygen atoms in total. The lowest BCUT2D eigenvalue weighted by Gasteiger charge is -2.09. The zero-order valence-corrected chi connectivity index (χ0v) is 13.5. The van der Waals surface area contributed by atoms with E-state index in [0.717, 1.165) is 21.8 Å². The highest BCUT2D eigenvalue weighted by Crippen LogP contribution is 2.36. The van der Waals surface area contributed by atoms with Crippen molar-refractivity contribution in [2.75, 3.05) is 0 Å². The van der Waals surface area contributed by atoms with Gasteiger partial charge in [0, 0.05) is 17.4 Å². The lowest BCUT2D eigenvalue weighted by Crippen LogP contribution is -1.94. The van der Waals surface area contributed by atoms with Gasteiger partial charge in [-0.3, -0.25) is 14.5 Å². The lowest BCUT2D eigenvalue weighted by molar-refractivity contribution is -0.384. The number of hydrogen-bond donors (Lipinski definition) is 1. The van der Waals surface area contributed by atoms with Crippen LogP contribution in [0.5, 0.6) is 0 Å². The number of nitrogens with one attached hydrogen (secondary N) is 1. The minimum absolute atomic E-state index is 0.0116. The van der Waals surface area contributed by atoms with Crippen molar-refractivity contribution in [3.63, 3.8) is 0 Å². The molecular weight excluding hydrogens is 326 g/mol. The van der Waals surface area contributed by atoms with Gasteiger partial charge >= 0.3 is 0 Å². The average Bonchev–Trinajstić information content (AvgIpc) is 3.14. The molecule has 0 aliphatic carbocycles. The topological polar surface area (TPSA) is 89.1 Å². The molecule has 0 saturated carbocycles. The summed E-state index contributed by atoms with van der Waals surface area (Å²) in [5, 5.41) is 19.0. The molecule has 2 aromatic carbocycles. The van der Waals surface area contributed by atoms with Crippen LogP contribution in [0.4, 0.5) is 5.69 Å². The smallest absolute Gasteiger partial charge is 0.258 e. The number of fused-ring (bicyclic) bond motifs is 3. The van der Waals surface area contributed by atoms with Crippen LogP contribution in [0.3, 0.4) is 0 Å². The van der Waals surface area contributed by atoms with Gasteiger partial charge in [0.25, 0.3) is 5.69 Å². The number of non-ortho nitro benzene ring substituents is 1. The van der Waals surface area contributed by atoms with Crippen LogP contribution < -0.4 is 0 Å². The van der Waals surface area contributed by atoms with E-state index in [2.05, 4.69) is 15.2 Å². The molecule has 4 rings (SSSR count). The number of H-pyrrole nitrogens is 1. The van der Waals surface area contributed by atoms with E-state index < -0.39 is 0 Å². The number of nitrogens with zero attached hydrogens (tertiary/aromatic N) is 4. The molecular formula is C16H13N5O2S. The number of para-hydroxylation sites is 2. The molecule has 1 atom stereocenters. The molecule has 0 amide bonds. The summed E-state index contributed by atoms with van der Waals surface area (Å²) in [6, 6.07) is 14.5. The van der Waals surface area contributed by atoms with Crippen LogP contribution in [0.25, 0.3) is 16.8 Å². The molecule has 120 valence electrons. The maximum absolute atomic E-state index is 10.9. The minimum atomic E-state index is -0.378. The van der Waals surface area contributed by atoms with Crippen molar-refractivity contribution in [3.05, 3.63) is 64.2 Å². The van der Waals surface area contributed by atoms with Crippen LogP contribution in [0, 0.1) is 10.1 Å². The van der Waals surface area contributed by atoms with E-state index in [0.29, 0.717) is 5.78 Å². The Balaban J connectivity index is 1.71.